The van der Waals surface area contributed by atoms with Crippen LogP contribution in [0.2, 0.25) is 0 Å². The number of nitrogens with zero attached hydrogens (tertiary/aromatic N) is 3. The predicted molar refractivity (Wildman–Crippen MR) is 128 cm³/mol. The molecule has 1 saturated heterocycles. The molecule has 0 aliphatic carbocycles. The summed E-state index contributed by atoms with van der Waals surface area (Å²) in [6.45, 7) is 3.00. The number of rotatable bonds is 4. The fraction of sp³-hybridized carbons (Fsp3) is 0.185. The van der Waals surface area contributed by atoms with Gasteiger partial charge in [0.1, 0.15) is 6.17 Å². The summed E-state index contributed by atoms with van der Waals surface area (Å²) in [6.07, 6.45) is 3.57. The van der Waals surface area contributed by atoms with Crippen LogP contribution in [0.15, 0.2) is 96.1 Å². The van der Waals surface area contributed by atoms with Crippen LogP contribution in [-0.4, -0.2) is 47.6 Å². The first kappa shape index (κ1) is 20.2. The highest BCUT2D eigenvalue weighted by atomic mass is 16.2. The summed E-state index contributed by atoms with van der Waals surface area (Å²) >= 11 is 0. The minimum Gasteiger partial charge on any atom is -0.337 e. The summed E-state index contributed by atoms with van der Waals surface area (Å²) in [5.41, 5.74) is 8.88. The summed E-state index contributed by atoms with van der Waals surface area (Å²) in [4.78, 5) is 16.9. The lowest BCUT2D eigenvalue weighted by atomic mass is 9.94. The lowest BCUT2D eigenvalue weighted by Crippen LogP contribution is -2.52. The minimum atomic E-state index is 0.00998. The van der Waals surface area contributed by atoms with Crippen LogP contribution in [0.25, 0.3) is 6.08 Å². The van der Waals surface area contributed by atoms with Gasteiger partial charge in [0, 0.05) is 43.4 Å². The van der Waals surface area contributed by atoms with Gasteiger partial charge in [-0.1, -0.05) is 84.9 Å². The molecule has 0 aromatic heterocycles. The van der Waals surface area contributed by atoms with E-state index in [4.69, 9.17) is 5.10 Å². The van der Waals surface area contributed by atoms with Crippen molar-refractivity contribution in [1.29, 1.82) is 0 Å². The van der Waals surface area contributed by atoms with Gasteiger partial charge in [-0.15, -0.1) is 0 Å². The Balaban J connectivity index is 1.27. The van der Waals surface area contributed by atoms with Crippen molar-refractivity contribution in [2.24, 2.45) is 5.10 Å². The van der Waals surface area contributed by atoms with Crippen molar-refractivity contribution < 1.29 is 4.79 Å². The standard InChI is InChI=1S/C27H26N4O/c32-25(16-15-21-9-3-1-4-10-21)30-17-19-31(20-18-30)27-24-14-8-7-13-23(24)26(28-29-27)22-11-5-2-6-12-22/h1-16,27,29H,17-20H2/b16-15+. The highest BCUT2D eigenvalue weighted by molar-refractivity contribution is 6.14. The van der Waals surface area contributed by atoms with Crippen LogP contribution in [0.3, 0.4) is 0 Å². The summed E-state index contributed by atoms with van der Waals surface area (Å²) in [6, 6.07) is 28.6. The maximum atomic E-state index is 12.6. The van der Waals surface area contributed by atoms with Crippen LogP contribution in [0.1, 0.15) is 28.4 Å². The zero-order chi connectivity index (χ0) is 21.8. The summed E-state index contributed by atoms with van der Waals surface area (Å²) in [5, 5.41) is 4.75. The number of amides is 1. The fourth-order valence-electron chi connectivity index (χ4n) is 4.34. The Kier molecular flexibility index (Phi) is 5.81. The molecule has 2 heterocycles. The average Bonchev–Trinajstić information content (AvgIpc) is 2.88. The van der Waals surface area contributed by atoms with E-state index in [1.807, 2.05) is 59.5 Å². The van der Waals surface area contributed by atoms with Crippen LogP contribution in [0.5, 0.6) is 0 Å². The minimum absolute atomic E-state index is 0.00998. The Bertz CT molecular complexity index is 1130. The Labute approximate surface area is 188 Å². The van der Waals surface area contributed by atoms with Gasteiger partial charge >= 0.3 is 0 Å². The van der Waals surface area contributed by atoms with Gasteiger partial charge in [-0.05, 0) is 17.2 Å². The lowest BCUT2D eigenvalue weighted by molar-refractivity contribution is -0.128. The topological polar surface area (TPSA) is 47.9 Å². The van der Waals surface area contributed by atoms with Gasteiger partial charge in [0.15, 0.2) is 0 Å². The van der Waals surface area contributed by atoms with Crippen molar-refractivity contribution >= 4 is 17.7 Å². The number of benzene rings is 3. The van der Waals surface area contributed by atoms with Gasteiger partial charge in [-0.2, -0.15) is 5.10 Å². The smallest absolute Gasteiger partial charge is 0.246 e. The number of carbonyl (C=O) groups is 1. The zero-order valence-electron chi connectivity index (χ0n) is 17.9. The molecule has 0 saturated carbocycles. The van der Waals surface area contributed by atoms with Crippen LogP contribution < -0.4 is 5.43 Å². The first-order chi connectivity index (χ1) is 15.8. The fourth-order valence-corrected chi connectivity index (χ4v) is 4.34. The Morgan fingerprint density at radius 1 is 0.844 bits per heavy atom. The van der Waals surface area contributed by atoms with E-state index in [0.717, 1.165) is 35.5 Å². The summed E-state index contributed by atoms with van der Waals surface area (Å²) in [5.74, 6) is 0.0647. The average molecular weight is 423 g/mol. The second kappa shape index (κ2) is 9.20. The monoisotopic (exact) mass is 422 g/mol. The molecule has 3 aromatic rings. The third-order valence-corrected chi connectivity index (χ3v) is 6.07. The normalized spacial score (nSPS) is 18.7. The maximum absolute atomic E-state index is 12.6. The number of carbonyl (C=O) groups excluding carboxylic acids is 1. The van der Waals surface area contributed by atoms with E-state index in [1.165, 1.54) is 5.56 Å². The van der Waals surface area contributed by atoms with Gasteiger partial charge in [0.2, 0.25) is 5.91 Å². The molecule has 1 atom stereocenters. The molecule has 1 unspecified atom stereocenters. The van der Waals surface area contributed by atoms with E-state index in [-0.39, 0.29) is 12.1 Å². The molecule has 2 aliphatic heterocycles. The molecule has 5 nitrogen and oxygen atoms in total. The maximum Gasteiger partial charge on any atom is 0.246 e. The molecule has 5 heteroatoms. The largest absolute Gasteiger partial charge is 0.337 e. The van der Waals surface area contributed by atoms with E-state index >= 15 is 0 Å². The van der Waals surface area contributed by atoms with Gasteiger partial charge in [0.05, 0.1) is 5.71 Å². The number of fused-ring (bicyclic) bond motifs is 1. The van der Waals surface area contributed by atoms with E-state index in [2.05, 4.69) is 46.7 Å². The molecule has 1 amide bonds. The van der Waals surface area contributed by atoms with Crippen molar-refractivity contribution in [1.82, 2.24) is 15.2 Å². The van der Waals surface area contributed by atoms with Crippen molar-refractivity contribution in [2.75, 3.05) is 26.2 Å². The first-order valence-corrected chi connectivity index (χ1v) is 11.0. The van der Waals surface area contributed by atoms with Crippen molar-refractivity contribution in [3.05, 3.63) is 113 Å². The van der Waals surface area contributed by atoms with E-state index < -0.39 is 0 Å². The molecule has 2 aliphatic rings. The summed E-state index contributed by atoms with van der Waals surface area (Å²) in [7, 11) is 0. The van der Waals surface area contributed by atoms with Crippen LogP contribution in [-0.2, 0) is 4.79 Å². The Hall–Kier alpha value is -3.70. The molecular formula is C27H26N4O. The highest BCUT2D eigenvalue weighted by Gasteiger charge is 2.30. The van der Waals surface area contributed by atoms with Crippen LogP contribution in [0, 0.1) is 0 Å². The van der Waals surface area contributed by atoms with E-state index in [9.17, 15) is 4.79 Å². The van der Waals surface area contributed by atoms with Crippen molar-refractivity contribution in [3.8, 4) is 0 Å². The Morgan fingerprint density at radius 2 is 1.50 bits per heavy atom. The number of hydrogen-bond acceptors (Lipinski definition) is 4. The summed E-state index contributed by atoms with van der Waals surface area (Å²) < 4.78 is 0. The van der Waals surface area contributed by atoms with Gasteiger partial charge in [0.25, 0.3) is 0 Å². The second-order valence-corrected chi connectivity index (χ2v) is 8.05. The number of hydrogen-bond donors (Lipinski definition) is 1. The lowest BCUT2D eigenvalue weighted by Gasteiger charge is -2.40. The molecule has 5 rings (SSSR count). The first-order valence-electron chi connectivity index (χ1n) is 11.0. The molecule has 0 radical (unpaired) electrons. The molecule has 0 spiro atoms. The number of hydrazone groups is 1. The van der Waals surface area contributed by atoms with Crippen molar-refractivity contribution in [3.63, 3.8) is 0 Å². The van der Waals surface area contributed by atoms with Gasteiger partial charge in [-0.25, -0.2) is 0 Å². The molecule has 1 fully saturated rings. The molecular weight excluding hydrogens is 396 g/mol. The van der Waals surface area contributed by atoms with Crippen LogP contribution >= 0.6 is 0 Å². The SMILES string of the molecule is O=C(/C=C/c1ccccc1)N1CCN(C2NN=C(c3ccccc3)c3ccccc32)CC1. The molecule has 1 N–H and O–H groups in total. The predicted octanol–water partition coefficient (Wildman–Crippen LogP) is 3.90. The highest BCUT2D eigenvalue weighted by Crippen LogP contribution is 2.28. The van der Waals surface area contributed by atoms with Crippen LogP contribution in [0.4, 0.5) is 0 Å². The van der Waals surface area contributed by atoms with E-state index in [1.54, 1.807) is 6.08 Å². The second-order valence-electron chi connectivity index (χ2n) is 8.05. The molecule has 0 bridgehead atoms. The zero-order valence-corrected chi connectivity index (χ0v) is 17.9. The van der Waals surface area contributed by atoms with E-state index in [0.29, 0.717) is 13.1 Å². The van der Waals surface area contributed by atoms with Gasteiger partial charge in [-0.3, -0.25) is 15.1 Å². The molecule has 32 heavy (non-hydrogen) atoms. The van der Waals surface area contributed by atoms with Crippen molar-refractivity contribution in [2.45, 2.75) is 6.17 Å². The third-order valence-electron chi connectivity index (χ3n) is 6.07. The number of nitrogens with one attached hydrogen (secondary N) is 1. The Morgan fingerprint density at radius 3 is 2.25 bits per heavy atom. The molecule has 160 valence electrons. The molecule has 3 aromatic carbocycles. The quantitative estimate of drug-likeness (QED) is 0.649. The third kappa shape index (κ3) is 4.20. The number of piperazine rings is 1. The van der Waals surface area contributed by atoms with Gasteiger partial charge < -0.3 is 4.90 Å².